The highest BCUT2D eigenvalue weighted by atomic mass is 16.4. The Morgan fingerprint density at radius 1 is 1.13 bits per heavy atom. The molecule has 76 valence electrons. The second-order valence-electron chi connectivity index (χ2n) is 3.13. The molecule has 1 aliphatic rings. The highest BCUT2D eigenvalue weighted by Gasteiger charge is 2.07. The first-order valence-corrected chi connectivity index (χ1v) is 4.60. The lowest BCUT2D eigenvalue weighted by atomic mass is 10.1. The third kappa shape index (κ3) is 1.97. The molecule has 0 aromatic carbocycles. The van der Waals surface area contributed by atoms with E-state index in [0.717, 1.165) is 5.56 Å². The topological polar surface area (TPSA) is 50.4 Å². The minimum atomic E-state index is -0.444. The van der Waals surface area contributed by atoms with Crippen molar-refractivity contribution in [3.8, 4) is 0 Å². The van der Waals surface area contributed by atoms with Crippen LogP contribution in [-0.2, 0) is 6.61 Å². The van der Waals surface area contributed by atoms with Crippen LogP contribution in [0.15, 0.2) is 39.6 Å². The summed E-state index contributed by atoms with van der Waals surface area (Å²) >= 11 is 0. The van der Waals surface area contributed by atoms with Crippen molar-refractivity contribution < 1.29 is 9.52 Å². The van der Waals surface area contributed by atoms with Crippen LogP contribution < -0.4 is 5.63 Å². The highest BCUT2D eigenvalue weighted by molar-refractivity contribution is 5.66. The fraction of sp³-hybridized carbons (Fsp3) is 0.0833. The molecule has 1 aliphatic carbocycles. The number of rotatable bonds is 1. The van der Waals surface area contributed by atoms with Crippen LogP contribution in [-0.4, -0.2) is 5.11 Å². The van der Waals surface area contributed by atoms with Gasteiger partial charge in [-0.05, 0) is 11.6 Å². The van der Waals surface area contributed by atoms with Crippen molar-refractivity contribution in [3.05, 3.63) is 57.7 Å². The molecular formula is C12H10O3. The molecule has 1 heterocycles. The Morgan fingerprint density at radius 2 is 1.87 bits per heavy atom. The van der Waals surface area contributed by atoms with Crippen molar-refractivity contribution in [1.82, 2.24) is 0 Å². The van der Waals surface area contributed by atoms with Crippen molar-refractivity contribution in [1.29, 1.82) is 0 Å². The molecule has 0 saturated carbocycles. The lowest BCUT2D eigenvalue weighted by molar-refractivity contribution is 0.279. The molecule has 3 nitrogen and oxygen atoms in total. The van der Waals surface area contributed by atoms with Crippen molar-refractivity contribution in [2.24, 2.45) is 0 Å². The van der Waals surface area contributed by atoms with E-state index in [4.69, 9.17) is 9.52 Å². The first kappa shape index (κ1) is 9.68. The molecule has 15 heavy (non-hydrogen) atoms. The van der Waals surface area contributed by atoms with Crippen molar-refractivity contribution in [2.75, 3.05) is 0 Å². The lowest BCUT2D eigenvalue weighted by Crippen LogP contribution is -2.04. The van der Waals surface area contributed by atoms with Crippen LogP contribution in [0.25, 0.3) is 12.2 Å². The number of allylic oxidation sites excluding steroid dienone is 4. The largest absolute Gasteiger partial charge is 0.423 e. The Kier molecular flexibility index (Phi) is 2.65. The van der Waals surface area contributed by atoms with Gasteiger partial charge in [-0.3, -0.25) is 0 Å². The predicted molar refractivity (Wildman–Crippen MR) is 58.1 cm³/mol. The Hall–Kier alpha value is -1.87. The highest BCUT2D eigenvalue weighted by Crippen LogP contribution is 2.17. The van der Waals surface area contributed by atoms with Crippen LogP contribution in [0.2, 0.25) is 0 Å². The molecule has 0 bridgehead atoms. The van der Waals surface area contributed by atoms with Crippen molar-refractivity contribution in [2.45, 2.75) is 6.61 Å². The lowest BCUT2D eigenvalue weighted by Gasteiger charge is -2.05. The molecule has 0 radical (unpaired) electrons. The van der Waals surface area contributed by atoms with Crippen LogP contribution in [0.5, 0.6) is 0 Å². The van der Waals surface area contributed by atoms with E-state index in [0.29, 0.717) is 11.3 Å². The average Bonchev–Trinajstić information content (AvgIpc) is 2.19. The van der Waals surface area contributed by atoms with Crippen molar-refractivity contribution in [3.63, 3.8) is 0 Å². The number of hydrogen-bond donors (Lipinski definition) is 1. The second-order valence-corrected chi connectivity index (χ2v) is 3.13. The van der Waals surface area contributed by atoms with Crippen LogP contribution in [0.3, 0.4) is 0 Å². The summed E-state index contributed by atoms with van der Waals surface area (Å²) in [6.07, 6.45) is 10.8. The van der Waals surface area contributed by atoms with E-state index in [1.54, 1.807) is 12.2 Å². The maximum absolute atomic E-state index is 11.2. The minimum Gasteiger partial charge on any atom is -0.423 e. The van der Waals surface area contributed by atoms with E-state index in [-0.39, 0.29) is 6.61 Å². The Balaban J connectivity index is 2.69. The van der Waals surface area contributed by atoms with E-state index >= 15 is 0 Å². The van der Waals surface area contributed by atoms with E-state index in [9.17, 15) is 4.79 Å². The summed E-state index contributed by atoms with van der Waals surface area (Å²) in [5.74, 6) is 0.479. The molecule has 3 heteroatoms. The van der Waals surface area contributed by atoms with E-state index in [1.807, 2.05) is 24.3 Å². The maximum Gasteiger partial charge on any atom is 0.336 e. The van der Waals surface area contributed by atoms with Gasteiger partial charge in [0.2, 0.25) is 0 Å². The van der Waals surface area contributed by atoms with Gasteiger partial charge in [-0.25, -0.2) is 4.79 Å². The zero-order chi connectivity index (χ0) is 10.7. The van der Waals surface area contributed by atoms with Crippen LogP contribution >= 0.6 is 0 Å². The number of hydrogen-bond acceptors (Lipinski definition) is 3. The van der Waals surface area contributed by atoms with Crippen LogP contribution in [0, 0.1) is 0 Å². The summed E-state index contributed by atoms with van der Waals surface area (Å²) in [5.41, 5.74) is 0.885. The average molecular weight is 202 g/mol. The third-order valence-electron chi connectivity index (χ3n) is 2.13. The summed E-state index contributed by atoms with van der Waals surface area (Å²) in [7, 11) is 0. The molecule has 1 aromatic rings. The number of fused-ring (bicyclic) bond motifs is 1. The predicted octanol–water partition coefficient (Wildman–Crippen LogP) is 1.73. The quantitative estimate of drug-likeness (QED) is 0.754. The van der Waals surface area contributed by atoms with Gasteiger partial charge in [0.1, 0.15) is 5.76 Å². The van der Waals surface area contributed by atoms with Gasteiger partial charge in [-0.1, -0.05) is 30.4 Å². The zero-order valence-corrected chi connectivity index (χ0v) is 8.01. The van der Waals surface area contributed by atoms with Gasteiger partial charge in [0.05, 0.1) is 6.61 Å². The second kappa shape index (κ2) is 4.11. The number of aliphatic hydroxyl groups is 1. The van der Waals surface area contributed by atoms with Crippen LogP contribution in [0.1, 0.15) is 16.9 Å². The smallest absolute Gasteiger partial charge is 0.336 e. The maximum atomic E-state index is 11.2. The summed E-state index contributed by atoms with van der Waals surface area (Å²) in [4.78, 5) is 11.2. The molecule has 0 fully saturated rings. The summed E-state index contributed by atoms with van der Waals surface area (Å²) in [6, 6.07) is 1.31. The molecule has 0 unspecified atom stereocenters. The Bertz CT molecular complexity index is 504. The standard InChI is InChI=1S/C12H10O3/c13-8-9-7-12(14)15-11-6-4-2-1-3-5-10(9)11/h1-7,13H,8H2. The fourth-order valence-electron chi connectivity index (χ4n) is 1.44. The zero-order valence-electron chi connectivity index (χ0n) is 8.01. The van der Waals surface area contributed by atoms with Gasteiger partial charge in [0.25, 0.3) is 0 Å². The Morgan fingerprint density at radius 3 is 2.60 bits per heavy atom. The molecule has 0 aliphatic heterocycles. The molecule has 1 aromatic heterocycles. The summed E-state index contributed by atoms with van der Waals surface area (Å²) in [5, 5.41) is 9.12. The van der Waals surface area contributed by atoms with E-state index < -0.39 is 5.63 Å². The molecule has 0 atom stereocenters. The van der Waals surface area contributed by atoms with Gasteiger partial charge in [0, 0.05) is 11.6 Å². The van der Waals surface area contributed by atoms with Gasteiger partial charge in [-0.15, -0.1) is 0 Å². The minimum absolute atomic E-state index is 0.171. The van der Waals surface area contributed by atoms with Gasteiger partial charge < -0.3 is 9.52 Å². The van der Waals surface area contributed by atoms with E-state index in [1.165, 1.54) is 6.07 Å². The fourth-order valence-corrected chi connectivity index (χ4v) is 1.44. The van der Waals surface area contributed by atoms with Gasteiger partial charge in [0.15, 0.2) is 0 Å². The first-order chi connectivity index (χ1) is 7.31. The van der Waals surface area contributed by atoms with Crippen LogP contribution in [0.4, 0.5) is 0 Å². The van der Waals surface area contributed by atoms with Gasteiger partial charge >= 0.3 is 5.63 Å². The van der Waals surface area contributed by atoms with Gasteiger partial charge in [-0.2, -0.15) is 0 Å². The molecular weight excluding hydrogens is 192 g/mol. The normalized spacial score (nSPS) is 13.4. The molecule has 0 saturated heterocycles. The Labute approximate surface area is 86.7 Å². The third-order valence-corrected chi connectivity index (χ3v) is 2.13. The number of aliphatic hydroxyl groups excluding tert-OH is 1. The SMILES string of the molecule is O=c1cc(CO)c2c(o1)C=CC=CC=C2. The molecule has 0 amide bonds. The monoisotopic (exact) mass is 202 g/mol. The molecule has 0 spiro atoms. The summed E-state index contributed by atoms with van der Waals surface area (Å²) < 4.78 is 5.04. The first-order valence-electron chi connectivity index (χ1n) is 4.60. The molecule has 1 N–H and O–H groups in total. The molecule has 2 rings (SSSR count). The van der Waals surface area contributed by atoms with E-state index in [2.05, 4.69) is 0 Å². The van der Waals surface area contributed by atoms with Crippen molar-refractivity contribution >= 4 is 12.2 Å². The summed E-state index contributed by atoms with van der Waals surface area (Å²) in [6.45, 7) is -0.171.